The van der Waals surface area contributed by atoms with Crippen LogP contribution in [0.5, 0.6) is 0 Å². The van der Waals surface area contributed by atoms with Crippen molar-refractivity contribution in [3.8, 4) is 0 Å². The number of ketones is 3. The maximum Gasteiger partial charge on any atom is 0.224 e. The third-order valence-corrected chi connectivity index (χ3v) is 3.62. The Kier molecular flexibility index (Phi) is 14.9. The summed E-state index contributed by atoms with van der Waals surface area (Å²) in [7, 11) is 0. The van der Waals surface area contributed by atoms with Crippen LogP contribution in [0.4, 0.5) is 0 Å². The van der Waals surface area contributed by atoms with E-state index in [-0.39, 0.29) is 35.1 Å². The van der Waals surface area contributed by atoms with Gasteiger partial charge in [-0.2, -0.15) is 0 Å². The molecule has 0 aliphatic heterocycles. The number of amides is 1. The maximum absolute atomic E-state index is 10.8. The van der Waals surface area contributed by atoms with Crippen LogP contribution in [-0.2, 0) is 19.2 Å². The molecule has 0 aromatic heterocycles. The molecule has 6 nitrogen and oxygen atoms in total. The van der Waals surface area contributed by atoms with Crippen LogP contribution in [0, 0.1) is 5.92 Å². The Morgan fingerprint density at radius 3 is 1.77 bits per heavy atom. The van der Waals surface area contributed by atoms with Gasteiger partial charge in [0.2, 0.25) is 11.7 Å². The molecular formula is C20H32N2O4. The van der Waals surface area contributed by atoms with Crippen molar-refractivity contribution in [3.63, 3.8) is 0 Å². The van der Waals surface area contributed by atoms with Crippen molar-refractivity contribution in [2.45, 2.75) is 53.4 Å². The van der Waals surface area contributed by atoms with Crippen LogP contribution < -0.4 is 11.5 Å². The van der Waals surface area contributed by atoms with E-state index in [9.17, 15) is 19.2 Å². The van der Waals surface area contributed by atoms with Crippen LogP contribution in [0.1, 0.15) is 58.9 Å². The van der Waals surface area contributed by atoms with Crippen LogP contribution in [0.15, 0.2) is 30.3 Å². The number of rotatable bonds is 7. The van der Waals surface area contributed by atoms with Gasteiger partial charge in [0.15, 0.2) is 5.78 Å². The molecule has 0 saturated heterocycles. The largest absolute Gasteiger partial charge is 0.369 e. The molecule has 0 aliphatic carbocycles. The molecule has 2 atom stereocenters. The molecule has 6 heteroatoms. The number of hydrogen-bond acceptors (Lipinski definition) is 5. The number of hydrogen-bond donors (Lipinski definition) is 2. The average Bonchev–Trinajstić information content (AvgIpc) is 2.62. The summed E-state index contributed by atoms with van der Waals surface area (Å²) in [4.78, 5) is 41.8. The molecule has 0 bridgehead atoms. The second-order valence-electron chi connectivity index (χ2n) is 5.99. The summed E-state index contributed by atoms with van der Waals surface area (Å²) >= 11 is 0. The van der Waals surface area contributed by atoms with E-state index < -0.39 is 0 Å². The normalized spacial score (nSPS) is 11.6. The van der Waals surface area contributed by atoms with E-state index in [0.717, 1.165) is 5.56 Å². The second kappa shape index (κ2) is 15.0. The van der Waals surface area contributed by atoms with Gasteiger partial charge in [-0.05, 0) is 32.4 Å². The van der Waals surface area contributed by atoms with Crippen molar-refractivity contribution in [3.05, 3.63) is 35.9 Å². The van der Waals surface area contributed by atoms with Gasteiger partial charge in [0.05, 0.1) is 5.92 Å². The lowest BCUT2D eigenvalue weighted by Gasteiger charge is -2.05. The van der Waals surface area contributed by atoms with Gasteiger partial charge in [0.1, 0.15) is 5.78 Å². The predicted octanol–water partition coefficient (Wildman–Crippen LogP) is 2.39. The van der Waals surface area contributed by atoms with Crippen molar-refractivity contribution in [1.82, 2.24) is 0 Å². The topological polar surface area (TPSA) is 120 Å². The van der Waals surface area contributed by atoms with Gasteiger partial charge in [0.25, 0.3) is 0 Å². The fourth-order valence-electron chi connectivity index (χ4n) is 1.63. The van der Waals surface area contributed by atoms with E-state index in [1.54, 1.807) is 20.8 Å². The van der Waals surface area contributed by atoms with Crippen molar-refractivity contribution in [2.75, 3.05) is 6.54 Å². The Hall–Kier alpha value is -2.34. The highest BCUT2D eigenvalue weighted by Gasteiger charge is 2.15. The zero-order chi connectivity index (χ0) is 20.7. The number of nitrogens with two attached hydrogens (primary N) is 2. The molecule has 0 spiro atoms. The SMILES string of the molecule is CC(=O)C(=O)C(C)CCN.CCC(C)=O.C[C@H](C(N)=O)c1ccccc1. The summed E-state index contributed by atoms with van der Waals surface area (Å²) in [5, 5.41) is 0. The quantitative estimate of drug-likeness (QED) is 0.720. The number of Topliss-reactive ketones (excluding diaryl/α,β-unsaturated/α-hetero) is 3. The lowest BCUT2D eigenvalue weighted by Crippen LogP contribution is -2.21. The minimum atomic E-state index is -0.374. The molecule has 1 aromatic rings. The molecule has 0 heterocycles. The molecule has 146 valence electrons. The van der Waals surface area contributed by atoms with E-state index >= 15 is 0 Å². The smallest absolute Gasteiger partial charge is 0.224 e. The molecule has 1 aromatic carbocycles. The first kappa shape index (κ1) is 25.9. The average molecular weight is 364 g/mol. The fraction of sp³-hybridized carbons (Fsp3) is 0.500. The Labute approximate surface area is 156 Å². The van der Waals surface area contributed by atoms with Gasteiger partial charge >= 0.3 is 0 Å². The van der Waals surface area contributed by atoms with E-state index in [2.05, 4.69) is 0 Å². The van der Waals surface area contributed by atoms with Crippen LogP contribution in [0.2, 0.25) is 0 Å². The van der Waals surface area contributed by atoms with Gasteiger partial charge in [0, 0.05) is 19.3 Å². The van der Waals surface area contributed by atoms with Gasteiger partial charge in [-0.3, -0.25) is 14.4 Å². The Morgan fingerprint density at radius 1 is 1.00 bits per heavy atom. The Balaban J connectivity index is 0. The van der Waals surface area contributed by atoms with Gasteiger partial charge in [-0.15, -0.1) is 0 Å². The monoisotopic (exact) mass is 364 g/mol. The summed E-state index contributed by atoms with van der Waals surface area (Å²) in [5.74, 6) is -1.11. The van der Waals surface area contributed by atoms with E-state index in [0.29, 0.717) is 19.4 Å². The first-order valence-corrected chi connectivity index (χ1v) is 8.66. The third-order valence-electron chi connectivity index (χ3n) is 3.62. The standard InChI is InChI=1S/C9H11NO.C7H13NO2.C4H8O/c1-7(9(10)11)8-5-3-2-4-6-8;1-5(3-4-8)7(10)6(2)9;1-3-4(2)5/h2-7H,1H3,(H2,10,11);5H,3-4,8H2,1-2H3;3H2,1-2H3/t7-;;/m0../s1. The molecule has 0 aliphatic rings. The molecule has 1 unspecified atom stereocenters. The number of carbonyl (C=O) groups is 4. The zero-order valence-corrected chi connectivity index (χ0v) is 16.5. The molecular weight excluding hydrogens is 332 g/mol. The minimum Gasteiger partial charge on any atom is -0.369 e. The summed E-state index contributed by atoms with van der Waals surface area (Å²) in [6, 6.07) is 9.51. The van der Waals surface area contributed by atoms with E-state index in [1.165, 1.54) is 6.92 Å². The summed E-state index contributed by atoms with van der Waals surface area (Å²) in [6.07, 6.45) is 1.26. The zero-order valence-electron chi connectivity index (χ0n) is 16.5. The molecule has 0 saturated carbocycles. The van der Waals surface area contributed by atoms with Crippen molar-refractivity contribution >= 4 is 23.3 Å². The van der Waals surface area contributed by atoms with Crippen LogP contribution >= 0.6 is 0 Å². The second-order valence-corrected chi connectivity index (χ2v) is 5.99. The highest BCUT2D eigenvalue weighted by molar-refractivity contribution is 6.36. The molecule has 0 radical (unpaired) electrons. The van der Waals surface area contributed by atoms with E-state index in [1.807, 2.05) is 37.3 Å². The predicted molar refractivity (Wildman–Crippen MR) is 104 cm³/mol. The molecule has 1 rings (SSSR count). The summed E-state index contributed by atoms with van der Waals surface area (Å²) < 4.78 is 0. The molecule has 26 heavy (non-hydrogen) atoms. The van der Waals surface area contributed by atoms with E-state index in [4.69, 9.17) is 11.5 Å². The molecule has 1 amide bonds. The first-order valence-electron chi connectivity index (χ1n) is 8.66. The minimum absolute atomic E-state index is 0.184. The summed E-state index contributed by atoms with van der Waals surface area (Å²) in [6.45, 7) is 8.70. The fourth-order valence-corrected chi connectivity index (χ4v) is 1.63. The van der Waals surface area contributed by atoms with Crippen molar-refractivity contribution in [1.29, 1.82) is 0 Å². The van der Waals surface area contributed by atoms with Crippen LogP contribution in [0.25, 0.3) is 0 Å². The highest BCUT2D eigenvalue weighted by atomic mass is 16.2. The number of carbonyl (C=O) groups excluding carboxylic acids is 4. The lowest BCUT2D eigenvalue weighted by atomic mass is 10.0. The van der Waals surface area contributed by atoms with Crippen molar-refractivity contribution in [2.24, 2.45) is 17.4 Å². The maximum atomic E-state index is 10.8. The molecule has 4 N–H and O–H groups in total. The highest BCUT2D eigenvalue weighted by Crippen LogP contribution is 2.12. The van der Waals surface area contributed by atoms with Gasteiger partial charge in [-0.25, -0.2) is 0 Å². The van der Waals surface area contributed by atoms with Gasteiger partial charge < -0.3 is 16.3 Å². The molecule has 0 fully saturated rings. The van der Waals surface area contributed by atoms with Gasteiger partial charge in [-0.1, -0.05) is 44.2 Å². The van der Waals surface area contributed by atoms with Crippen LogP contribution in [0.3, 0.4) is 0 Å². The van der Waals surface area contributed by atoms with Crippen LogP contribution in [-0.4, -0.2) is 29.8 Å². The van der Waals surface area contributed by atoms with Crippen molar-refractivity contribution < 1.29 is 19.2 Å². The first-order chi connectivity index (χ1) is 12.1. The lowest BCUT2D eigenvalue weighted by molar-refractivity contribution is -0.137. The Morgan fingerprint density at radius 2 is 1.46 bits per heavy atom. The number of primary amides is 1. The Bertz CT molecular complexity index is 570. The summed E-state index contributed by atoms with van der Waals surface area (Å²) in [5.41, 5.74) is 11.3. The number of benzene rings is 1. The third kappa shape index (κ3) is 13.0.